The summed E-state index contributed by atoms with van der Waals surface area (Å²) in [5.41, 5.74) is 0.584. The van der Waals surface area contributed by atoms with E-state index in [9.17, 15) is 9.50 Å². The Labute approximate surface area is 108 Å². The van der Waals surface area contributed by atoms with E-state index in [-0.39, 0.29) is 5.82 Å². The van der Waals surface area contributed by atoms with E-state index in [2.05, 4.69) is 13.8 Å². The summed E-state index contributed by atoms with van der Waals surface area (Å²) in [6, 6.07) is 4.12. The average Bonchev–Trinajstić information content (AvgIpc) is 2.27. The number of hydrogen-bond acceptors (Lipinski definition) is 3. The Balaban J connectivity index is 2.48. The van der Waals surface area contributed by atoms with Crippen LogP contribution >= 0.6 is 0 Å². The Bertz CT molecular complexity index is 364. The molecule has 0 aliphatic carbocycles. The van der Waals surface area contributed by atoms with Crippen molar-refractivity contribution in [1.82, 2.24) is 0 Å². The molecule has 3 nitrogen and oxygen atoms in total. The van der Waals surface area contributed by atoms with Gasteiger partial charge in [-0.15, -0.1) is 0 Å². The van der Waals surface area contributed by atoms with Crippen LogP contribution in [0.15, 0.2) is 18.2 Å². The van der Waals surface area contributed by atoms with Gasteiger partial charge < -0.3 is 14.6 Å². The van der Waals surface area contributed by atoms with Crippen LogP contribution in [0, 0.1) is 11.7 Å². The van der Waals surface area contributed by atoms with Gasteiger partial charge in [0.25, 0.3) is 0 Å². The maximum atomic E-state index is 13.1. The average molecular weight is 256 g/mol. The molecule has 1 aromatic rings. The first kappa shape index (κ1) is 14.9. The van der Waals surface area contributed by atoms with Crippen molar-refractivity contribution in [2.24, 2.45) is 5.92 Å². The van der Waals surface area contributed by atoms with Crippen molar-refractivity contribution >= 4 is 0 Å². The molecule has 0 heterocycles. The largest absolute Gasteiger partial charge is 0.491 e. The van der Waals surface area contributed by atoms with E-state index >= 15 is 0 Å². The van der Waals surface area contributed by atoms with E-state index < -0.39 is 6.10 Å². The summed E-state index contributed by atoms with van der Waals surface area (Å²) in [6.07, 6.45) is -0.683. The number of halogens is 1. The summed E-state index contributed by atoms with van der Waals surface area (Å²) in [5, 5.41) is 9.54. The third kappa shape index (κ3) is 5.02. The van der Waals surface area contributed by atoms with Crippen molar-refractivity contribution in [3.8, 4) is 5.75 Å². The van der Waals surface area contributed by atoms with E-state index in [4.69, 9.17) is 9.47 Å². The molecule has 0 aliphatic rings. The van der Waals surface area contributed by atoms with Crippen molar-refractivity contribution < 1.29 is 19.0 Å². The zero-order valence-electron chi connectivity index (χ0n) is 11.1. The predicted molar refractivity (Wildman–Crippen MR) is 68.2 cm³/mol. The summed E-state index contributed by atoms with van der Waals surface area (Å²) < 4.78 is 23.9. The van der Waals surface area contributed by atoms with Crippen molar-refractivity contribution in [2.45, 2.75) is 26.9 Å². The predicted octanol–water partition coefficient (Wildman–Crippen LogP) is 2.93. The molecule has 0 unspecified atom stereocenters. The second kappa shape index (κ2) is 7.34. The maximum Gasteiger partial charge on any atom is 0.128 e. The molecule has 4 heteroatoms. The van der Waals surface area contributed by atoms with Crippen LogP contribution < -0.4 is 4.74 Å². The Morgan fingerprint density at radius 2 is 1.94 bits per heavy atom. The number of aliphatic hydroxyl groups excluding tert-OH is 1. The summed E-state index contributed by atoms with van der Waals surface area (Å²) >= 11 is 0. The molecule has 0 radical (unpaired) electrons. The fourth-order valence-corrected chi connectivity index (χ4v) is 1.51. The fraction of sp³-hybridized carbons (Fsp3) is 0.571. The lowest BCUT2D eigenvalue weighted by atomic mass is 10.1. The molecule has 1 aromatic carbocycles. The Hall–Kier alpha value is -1.13. The van der Waals surface area contributed by atoms with Crippen LogP contribution in [0.3, 0.4) is 0 Å². The first-order chi connectivity index (χ1) is 8.50. The SMILES string of the molecule is CC(C)COCCOc1cc(F)ccc1[C@H](C)O. The highest BCUT2D eigenvalue weighted by Crippen LogP contribution is 2.25. The number of hydrogen-bond donors (Lipinski definition) is 1. The molecule has 1 N–H and O–H groups in total. The maximum absolute atomic E-state index is 13.1. The van der Waals surface area contributed by atoms with E-state index in [1.54, 1.807) is 6.92 Å². The summed E-state index contributed by atoms with van der Waals surface area (Å²) in [4.78, 5) is 0. The van der Waals surface area contributed by atoms with Gasteiger partial charge in [0.05, 0.1) is 12.7 Å². The zero-order valence-corrected chi connectivity index (χ0v) is 11.1. The van der Waals surface area contributed by atoms with Gasteiger partial charge in [0, 0.05) is 18.2 Å². The lowest BCUT2D eigenvalue weighted by Gasteiger charge is -2.14. The highest BCUT2D eigenvalue weighted by Gasteiger charge is 2.10. The summed E-state index contributed by atoms with van der Waals surface area (Å²) in [6.45, 7) is 7.23. The molecule has 0 aromatic heterocycles. The third-order valence-electron chi connectivity index (χ3n) is 2.36. The molecule has 0 bridgehead atoms. The highest BCUT2D eigenvalue weighted by molar-refractivity contribution is 5.35. The first-order valence-electron chi connectivity index (χ1n) is 6.18. The molecule has 0 saturated carbocycles. The van der Waals surface area contributed by atoms with Crippen LogP contribution in [0.5, 0.6) is 5.75 Å². The molecular formula is C14H21FO3. The highest BCUT2D eigenvalue weighted by atomic mass is 19.1. The van der Waals surface area contributed by atoms with Crippen molar-refractivity contribution in [2.75, 3.05) is 19.8 Å². The normalized spacial score (nSPS) is 12.8. The van der Waals surface area contributed by atoms with Gasteiger partial charge in [-0.3, -0.25) is 0 Å². The monoisotopic (exact) mass is 256 g/mol. The third-order valence-corrected chi connectivity index (χ3v) is 2.36. The minimum atomic E-state index is -0.683. The van der Waals surface area contributed by atoms with E-state index in [1.165, 1.54) is 18.2 Å². The van der Waals surface area contributed by atoms with Gasteiger partial charge in [-0.05, 0) is 25.0 Å². The summed E-state index contributed by atoms with van der Waals surface area (Å²) in [7, 11) is 0. The zero-order chi connectivity index (χ0) is 13.5. The number of ether oxygens (including phenoxy) is 2. The Morgan fingerprint density at radius 3 is 2.56 bits per heavy atom. The quantitative estimate of drug-likeness (QED) is 0.762. The minimum Gasteiger partial charge on any atom is -0.491 e. The molecule has 0 fully saturated rings. The number of benzene rings is 1. The van der Waals surface area contributed by atoms with Gasteiger partial charge in [0.2, 0.25) is 0 Å². The smallest absolute Gasteiger partial charge is 0.128 e. The molecule has 18 heavy (non-hydrogen) atoms. The van der Waals surface area contributed by atoms with Gasteiger partial charge in [-0.1, -0.05) is 13.8 Å². The molecule has 0 amide bonds. The second-order valence-electron chi connectivity index (χ2n) is 4.68. The lowest BCUT2D eigenvalue weighted by molar-refractivity contribution is 0.0804. The molecule has 1 rings (SSSR count). The van der Waals surface area contributed by atoms with Gasteiger partial charge in [0.15, 0.2) is 0 Å². The van der Waals surface area contributed by atoms with E-state index in [0.29, 0.717) is 37.1 Å². The van der Waals surface area contributed by atoms with E-state index in [1.807, 2.05) is 0 Å². The first-order valence-corrected chi connectivity index (χ1v) is 6.18. The number of rotatable bonds is 7. The van der Waals surface area contributed by atoms with Crippen molar-refractivity contribution in [3.05, 3.63) is 29.6 Å². The minimum absolute atomic E-state index is 0.343. The van der Waals surface area contributed by atoms with E-state index in [0.717, 1.165) is 0 Å². The Kier molecular flexibility index (Phi) is 6.09. The molecule has 0 spiro atoms. The molecule has 0 aliphatic heterocycles. The van der Waals surface area contributed by atoms with Crippen LogP contribution in [0.2, 0.25) is 0 Å². The second-order valence-corrected chi connectivity index (χ2v) is 4.68. The van der Waals surface area contributed by atoms with Crippen molar-refractivity contribution in [3.63, 3.8) is 0 Å². The van der Waals surface area contributed by atoms with Crippen molar-refractivity contribution in [1.29, 1.82) is 0 Å². The van der Waals surface area contributed by atoms with Crippen LogP contribution in [0.25, 0.3) is 0 Å². The molecule has 1 atom stereocenters. The van der Waals surface area contributed by atoms with Crippen LogP contribution in [0.4, 0.5) is 4.39 Å². The summed E-state index contributed by atoms with van der Waals surface area (Å²) in [5.74, 6) is 0.475. The van der Waals surface area contributed by atoms with Gasteiger partial charge in [0.1, 0.15) is 18.2 Å². The molecule has 102 valence electrons. The van der Waals surface area contributed by atoms with Gasteiger partial charge in [-0.25, -0.2) is 4.39 Å². The fourth-order valence-electron chi connectivity index (χ4n) is 1.51. The number of aliphatic hydroxyl groups is 1. The molecule has 0 saturated heterocycles. The van der Waals surface area contributed by atoms with Crippen LogP contribution in [-0.4, -0.2) is 24.9 Å². The Morgan fingerprint density at radius 1 is 1.22 bits per heavy atom. The van der Waals surface area contributed by atoms with Crippen LogP contribution in [0.1, 0.15) is 32.4 Å². The van der Waals surface area contributed by atoms with Crippen LogP contribution in [-0.2, 0) is 4.74 Å². The lowest BCUT2D eigenvalue weighted by Crippen LogP contribution is -2.11. The van der Waals surface area contributed by atoms with Gasteiger partial charge >= 0.3 is 0 Å². The van der Waals surface area contributed by atoms with Gasteiger partial charge in [-0.2, -0.15) is 0 Å². The molecular weight excluding hydrogens is 235 g/mol. The standard InChI is InChI=1S/C14H21FO3/c1-10(2)9-17-6-7-18-14-8-12(15)4-5-13(14)11(3)16/h4-5,8,10-11,16H,6-7,9H2,1-3H3/t11-/m0/s1. The topological polar surface area (TPSA) is 38.7 Å².